The van der Waals surface area contributed by atoms with Crippen LogP contribution in [-0.4, -0.2) is 47.6 Å². The van der Waals surface area contributed by atoms with Gasteiger partial charge in [-0.05, 0) is 44.2 Å². The number of carbonyl (C=O) groups is 1. The highest BCUT2D eigenvalue weighted by Gasteiger charge is 2.27. The Labute approximate surface area is 131 Å². The van der Waals surface area contributed by atoms with Crippen LogP contribution in [0.4, 0.5) is 5.82 Å². The lowest BCUT2D eigenvalue weighted by molar-refractivity contribution is -0.124. The van der Waals surface area contributed by atoms with Crippen molar-refractivity contribution in [1.82, 2.24) is 20.6 Å². The fourth-order valence-corrected chi connectivity index (χ4v) is 3.33. The fourth-order valence-electron chi connectivity index (χ4n) is 3.33. The number of anilines is 1. The SMILES string of the molecule is CC1CCNC(C(=O)NC2CCN(c3ccncn3)CC2)C1. The van der Waals surface area contributed by atoms with Gasteiger partial charge in [-0.1, -0.05) is 6.92 Å². The van der Waals surface area contributed by atoms with Crippen molar-refractivity contribution in [3.8, 4) is 0 Å². The molecular formula is C16H25N5O. The van der Waals surface area contributed by atoms with E-state index in [0.717, 1.165) is 44.7 Å². The van der Waals surface area contributed by atoms with Crippen LogP contribution in [0.1, 0.15) is 32.6 Å². The molecule has 0 bridgehead atoms. The lowest BCUT2D eigenvalue weighted by atomic mass is 9.93. The smallest absolute Gasteiger partial charge is 0.237 e. The fraction of sp³-hybridized carbons (Fsp3) is 0.688. The largest absolute Gasteiger partial charge is 0.356 e. The van der Waals surface area contributed by atoms with Gasteiger partial charge in [-0.3, -0.25) is 4.79 Å². The summed E-state index contributed by atoms with van der Waals surface area (Å²) in [4.78, 5) is 22.8. The van der Waals surface area contributed by atoms with E-state index in [9.17, 15) is 4.79 Å². The first-order chi connectivity index (χ1) is 10.7. The minimum Gasteiger partial charge on any atom is -0.356 e. The van der Waals surface area contributed by atoms with E-state index in [-0.39, 0.29) is 18.0 Å². The third kappa shape index (κ3) is 3.74. The molecule has 2 aliphatic rings. The third-order valence-corrected chi connectivity index (χ3v) is 4.71. The van der Waals surface area contributed by atoms with E-state index in [2.05, 4.69) is 32.4 Å². The molecule has 6 heteroatoms. The van der Waals surface area contributed by atoms with E-state index in [4.69, 9.17) is 0 Å². The first-order valence-electron chi connectivity index (χ1n) is 8.27. The van der Waals surface area contributed by atoms with Gasteiger partial charge in [-0.25, -0.2) is 9.97 Å². The highest BCUT2D eigenvalue weighted by Crippen LogP contribution is 2.18. The zero-order chi connectivity index (χ0) is 15.4. The topological polar surface area (TPSA) is 70.2 Å². The molecule has 0 spiro atoms. The average Bonchev–Trinajstić information content (AvgIpc) is 2.56. The zero-order valence-corrected chi connectivity index (χ0v) is 13.2. The van der Waals surface area contributed by atoms with Crippen molar-refractivity contribution < 1.29 is 4.79 Å². The number of carbonyl (C=O) groups excluding carboxylic acids is 1. The van der Waals surface area contributed by atoms with Crippen LogP contribution in [0.3, 0.4) is 0 Å². The Bertz CT molecular complexity index is 487. The standard InChI is InChI=1S/C16H25N5O/c1-12-2-7-18-14(10-12)16(22)20-13-4-8-21(9-5-13)15-3-6-17-11-19-15/h3,6,11-14,18H,2,4-5,7-10H2,1H3,(H,20,22). The maximum atomic E-state index is 12.4. The minimum absolute atomic E-state index is 0.0105. The first kappa shape index (κ1) is 15.2. The summed E-state index contributed by atoms with van der Waals surface area (Å²) in [7, 11) is 0. The molecule has 3 rings (SSSR count). The van der Waals surface area contributed by atoms with Gasteiger partial charge in [-0.2, -0.15) is 0 Å². The van der Waals surface area contributed by atoms with Gasteiger partial charge >= 0.3 is 0 Å². The zero-order valence-electron chi connectivity index (χ0n) is 13.2. The summed E-state index contributed by atoms with van der Waals surface area (Å²) in [5.41, 5.74) is 0. The summed E-state index contributed by atoms with van der Waals surface area (Å²) in [6, 6.07) is 2.21. The Balaban J connectivity index is 1.46. The van der Waals surface area contributed by atoms with E-state index < -0.39 is 0 Å². The van der Waals surface area contributed by atoms with E-state index in [1.807, 2.05) is 6.07 Å². The van der Waals surface area contributed by atoms with Crippen molar-refractivity contribution in [3.05, 3.63) is 18.6 Å². The summed E-state index contributed by atoms with van der Waals surface area (Å²) >= 11 is 0. The molecule has 2 N–H and O–H groups in total. The average molecular weight is 303 g/mol. The van der Waals surface area contributed by atoms with Crippen LogP contribution in [-0.2, 0) is 4.79 Å². The summed E-state index contributed by atoms with van der Waals surface area (Å²) in [6.45, 7) is 5.03. The number of aromatic nitrogens is 2. The number of nitrogens with zero attached hydrogens (tertiary/aromatic N) is 3. The molecular weight excluding hydrogens is 278 g/mol. The molecule has 22 heavy (non-hydrogen) atoms. The van der Waals surface area contributed by atoms with E-state index in [1.54, 1.807) is 12.5 Å². The second-order valence-corrected chi connectivity index (χ2v) is 6.47. The summed E-state index contributed by atoms with van der Waals surface area (Å²) in [5, 5.41) is 6.55. The van der Waals surface area contributed by atoms with E-state index in [0.29, 0.717) is 5.92 Å². The van der Waals surface area contributed by atoms with Gasteiger partial charge in [0.25, 0.3) is 0 Å². The summed E-state index contributed by atoms with van der Waals surface area (Å²) in [5.74, 6) is 1.78. The Hall–Kier alpha value is -1.69. The molecule has 2 atom stereocenters. The van der Waals surface area contributed by atoms with Crippen molar-refractivity contribution >= 4 is 11.7 Å². The van der Waals surface area contributed by atoms with Gasteiger partial charge in [0.15, 0.2) is 0 Å². The molecule has 0 radical (unpaired) electrons. The minimum atomic E-state index is -0.0105. The maximum absolute atomic E-state index is 12.4. The second-order valence-electron chi connectivity index (χ2n) is 6.47. The molecule has 0 saturated carbocycles. The van der Waals surface area contributed by atoms with Crippen LogP contribution in [0.15, 0.2) is 18.6 Å². The molecule has 2 unspecified atom stereocenters. The number of hydrogen-bond donors (Lipinski definition) is 2. The molecule has 0 aromatic carbocycles. The molecule has 1 aromatic rings. The Morgan fingerprint density at radius 1 is 1.36 bits per heavy atom. The van der Waals surface area contributed by atoms with Gasteiger partial charge in [0.1, 0.15) is 12.1 Å². The van der Waals surface area contributed by atoms with Gasteiger partial charge in [0.2, 0.25) is 5.91 Å². The van der Waals surface area contributed by atoms with Crippen molar-refractivity contribution in [1.29, 1.82) is 0 Å². The van der Waals surface area contributed by atoms with Crippen LogP contribution in [0.5, 0.6) is 0 Å². The molecule has 6 nitrogen and oxygen atoms in total. The van der Waals surface area contributed by atoms with Crippen molar-refractivity contribution in [2.45, 2.75) is 44.7 Å². The Kier molecular flexibility index (Phi) is 4.87. The third-order valence-electron chi connectivity index (χ3n) is 4.71. The molecule has 2 aliphatic heterocycles. The molecule has 2 fully saturated rings. The lowest BCUT2D eigenvalue weighted by Crippen LogP contribution is -2.53. The lowest BCUT2D eigenvalue weighted by Gasteiger charge is -2.34. The highest BCUT2D eigenvalue weighted by molar-refractivity contribution is 5.82. The predicted molar refractivity (Wildman–Crippen MR) is 85.6 cm³/mol. The van der Waals surface area contributed by atoms with Crippen LogP contribution >= 0.6 is 0 Å². The van der Waals surface area contributed by atoms with E-state index in [1.165, 1.54) is 6.42 Å². The molecule has 0 aliphatic carbocycles. The number of hydrogen-bond acceptors (Lipinski definition) is 5. The summed E-state index contributed by atoms with van der Waals surface area (Å²) in [6.07, 6.45) is 7.41. The first-order valence-corrected chi connectivity index (χ1v) is 8.27. The monoisotopic (exact) mass is 303 g/mol. The quantitative estimate of drug-likeness (QED) is 0.870. The van der Waals surface area contributed by atoms with Gasteiger partial charge < -0.3 is 15.5 Å². The normalized spacial score (nSPS) is 26.7. The highest BCUT2D eigenvalue weighted by atomic mass is 16.2. The van der Waals surface area contributed by atoms with Gasteiger partial charge in [0, 0.05) is 25.3 Å². The van der Waals surface area contributed by atoms with Crippen LogP contribution in [0.2, 0.25) is 0 Å². The Morgan fingerprint density at radius 2 is 2.18 bits per heavy atom. The molecule has 1 aromatic heterocycles. The number of nitrogens with one attached hydrogen (secondary N) is 2. The predicted octanol–water partition coefficient (Wildman–Crippen LogP) is 0.950. The van der Waals surface area contributed by atoms with E-state index >= 15 is 0 Å². The van der Waals surface area contributed by atoms with Gasteiger partial charge in [-0.15, -0.1) is 0 Å². The van der Waals surface area contributed by atoms with Crippen LogP contribution in [0.25, 0.3) is 0 Å². The van der Waals surface area contributed by atoms with Crippen molar-refractivity contribution in [2.24, 2.45) is 5.92 Å². The molecule has 120 valence electrons. The Morgan fingerprint density at radius 3 is 2.86 bits per heavy atom. The number of piperidine rings is 2. The second kappa shape index (κ2) is 7.05. The van der Waals surface area contributed by atoms with Crippen LogP contribution in [0, 0.1) is 5.92 Å². The van der Waals surface area contributed by atoms with Crippen molar-refractivity contribution in [2.75, 3.05) is 24.5 Å². The number of amides is 1. The molecule has 3 heterocycles. The molecule has 2 saturated heterocycles. The van der Waals surface area contributed by atoms with Crippen LogP contribution < -0.4 is 15.5 Å². The maximum Gasteiger partial charge on any atom is 0.237 e. The molecule has 1 amide bonds. The number of rotatable bonds is 3. The van der Waals surface area contributed by atoms with Gasteiger partial charge in [0.05, 0.1) is 6.04 Å². The summed E-state index contributed by atoms with van der Waals surface area (Å²) < 4.78 is 0. The van der Waals surface area contributed by atoms with Crippen molar-refractivity contribution in [3.63, 3.8) is 0 Å².